The van der Waals surface area contributed by atoms with Crippen LogP contribution in [0.25, 0.3) is 0 Å². The zero-order valence-electron chi connectivity index (χ0n) is 12.6. The van der Waals surface area contributed by atoms with E-state index in [4.69, 9.17) is 5.73 Å². The molecule has 1 aliphatic carbocycles. The van der Waals surface area contributed by atoms with Crippen molar-refractivity contribution in [2.45, 2.75) is 53.5 Å². The summed E-state index contributed by atoms with van der Waals surface area (Å²) < 4.78 is 1.99. The third kappa shape index (κ3) is 1.89. The number of aromatic nitrogens is 2. The van der Waals surface area contributed by atoms with E-state index in [-0.39, 0.29) is 6.04 Å². The van der Waals surface area contributed by atoms with E-state index in [1.165, 1.54) is 5.69 Å². The molecule has 1 aromatic heterocycles. The second-order valence-electron chi connectivity index (χ2n) is 6.89. The minimum absolute atomic E-state index is 0.232. The van der Waals surface area contributed by atoms with Crippen LogP contribution in [0.5, 0.6) is 0 Å². The normalized spacial score (nSPS) is 23.1. The van der Waals surface area contributed by atoms with Crippen LogP contribution in [0.15, 0.2) is 6.07 Å². The highest BCUT2D eigenvalue weighted by molar-refractivity contribution is 5.19. The minimum atomic E-state index is 0.232. The van der Waals surface area contributed by atoms with Gasteiger partial charge in [-0.05, 0) is 29.2 Å². The highest BCUT2D eigenvalue weighted by Gasteiger charge is 2.66. The van der Waals surface area contributed by atoms with Crippen molar-refractivity contribution in [3.8, 4) is 0 Å². The lowest BCUT2D eigenvalue weighted by molar-refractivity contribution is 0.457. The number of rotatable bonds is 4. The van der Waals surface area contributed by atoms with Crippen LogP contribution in [0.2, 0.25) is 0 Å². The highest BCUT2D eigenvalue weighted by atomic mass is 15.3. The van der Waals surface area contributed by atoms with E-state index < -0.39 is 0 Å². The molecule has 18 heavy (non-hydrogen) atoms. The summed E-state index contributed by atoms with van der Waals surface area (Å²) in [5.41, 5.74) is 9.58. The van der Waals surface area contributed by atoms with Gasteiger partial charge in [0.15, 0.2) is 0 Å². The fourth-order valence-electron chi connectivity index (χ4n) is 3.61. The summed E-state index contributed by atoms with van der Waals surface area (Å²) in [5, 5.41) is 4.50. The molecule has 1 heterocycles. The zero-order valence-corrected chi connectivity index (χ0v) is 12.6. The van der Waals surface area contributed by atoms with Crippen LogP contribution >= 0.6 is 0 Å². The summed E-state index contributed by atoms with van der Waals surface area (Å²) in [6.07, 6.45) is 1.92. The van der Waals surface area contributed by atoms with Gasteiger partial charge in [-0.3, -0.25) is 4.68 Å². The van der Waals surface area contributed by atoms with Crippen LogP contribution in [0.1, 0.15) is 46.0 Å². The molecule has 1 saturated carbocycles. The molecule has 3 heteroatoms. The summed E-state index contributed by atoms with van der Waals surface area (Å²) in [4.78, 5) is 0. The molecular weight excluding hydrogens is 222 g/mol. The Kier molecular flexibility index (Phi) is 3.09. The molecule has 0 saturated heterocycles. The molecule has 1 atom stereocenters. The van der Waals surface area contributed by atoms with Crippen molar-refractivity contribution in [2.24, 2.45) is 29.5 Å². The lowest BCUT2D eigenvalue weighted by atomic mass is 10.0. The summed E-state index contributed by atoms with van der Waals surface area (Å²) in [5.74, 6) is 0.602. The number of hydrogen-bond acceptors (Lipinski definition) is 2. The van der Waals surface area contributed by atoms with E-state index >= 15 is 0 Å². The van der Waals surface area contributed by atoms with Gasteiger partial charge in [0.25, 0.3) is 0 Å². The molecule has 2 rings (SSSR count). The van der Waals surface area contributed by atoms with Gasteiger partial charge in [0.2, 0.25) is 0 Å². The van der Waals surface area contributed by atoms with Crippen molar-refractivity contribution in [1.82, 2.24) is 9.78 Å². The van der Waals surface area contributed by atoms with Crippen molar-refractivity contribution < 1.29 is 0 Å². The quantitative estimate of drug-likeness (QED) is 0.891. The second kappa shape index (κ2) is 4.09. The van der Waals surface area contributed by atoms with Crippen molar-refractivity contribution in [1.29, 1.82) is 0 Å². The monoisotopic (exact) mass is 249 g/mol. The largest absolute Gasteiger partial charge is 0.327 e. The third-order valence-corrected chi connectivity index (χ3v) is 5.39. The second-order valence-corrected chi connectivity index (χ2v) is 6.89. The summed E-state index contributed by atoms with van der Waals surface area (Å²) in [6, 6.07) is 2.43. The Morgan fingerprint density at radius 1 is 1.33 bits per heavy atom. The molecule has 1 aliphatic rings. The molecule has 0 amide bonds. The lowest BCUT2D eigenvalue weighted by Gasteiger charge is -2.13. The molecular formula is C15H27N3. The average molecular weight is 249 g/mol. The van der Waals surface area contributed by atoms with E-state index in [0.717, 1.165) is 18.5 Å². The van der Waals surface area contributed by atoms with Crippen molar-refractivity contribution in [2.75, 3.05) is 0 Å². The first-order valence-electron chi connectivity index (χ1n) is 6.99. The van der Waals surface area contributed by atoms with Gasteiger partial charge in [-0.1, -0.05) is 34.6 Å². The van der Waals surface area contributed by atoms with Crippen LogP contribution in [0.4, 0.5) is 0 Å². The van der Waals surface area contributed by atoms with Gasteiger partial charge in [-0.25, -0.2) is 0 Å². The average Bonchev–Trinajstić information content (AvgIpc) is 2.54. The Morgan fingerprint density at radius 3 is 2.28 bits per heavy atom. The Bertz CT molecular complexity index is 429. The van der Waals surface area contributed by atoms with Crippen LogP contribution in [0, 0.1) is 16.7 Å². The Labute approximate surface area is 111 Å². The molecule has 0 aromatic carbocycles. The van der Waals surface area contributed by atoms with Gasteiger partial charge in [-0.2, -0.15) is 5.10 Å². The highest BCUT2D eigenvalue weighted by Crippen LogP contribution is 2.69. The van der Waals surface area contributed by atoms with Crippen molar-refractivity contribution >= 4 is 0 Å². The van der Waals surface area contributed by atoms with E-state index in [0.29, 0.717) is 16.7 Å². The van der Waals surface area contributed by atoms with Crippen LogP contribution in [-0.4, -0.2) is 15.8 Å². The van der Waals surface area contributed by atoms with Gasteiger partial charge in [0, 0.05) is 25.2 Å². The Balaban J connectivity index is 2.09. The van der Waals surface area contributed by atoms with Gasteiger partial charge in [-0.15, -0.1) is 0 Å². The summed E-state index contributed by atoms with van der Waals surface area (Å²) in [7, 11) is 2.02. The summed E-state index contributed by atoms with van der Waals surface area (Å²) >= 11 is 0. The van der Waals surface area contributed by atoms with Crippen LogP contribution < -0.4 is 5.73 Å². The first-order valence-corrected chi connectivity index (χ1v) is 6.99. The maximum absolute atomic E-state index is 6.44. The topological polar surface area (TPSA) is 43.8 Å². The van der Waals surface area contributed by atoms with Crippen molar-refractivity contribution in [3.63, 3.8) is 0 Å². The van der Waals surface area contributed by atoms with Gasteiger partial charge in [0.05, 0.1) is 5.69 Å². The number of nitrogens with zero attached hydrogens (tertiary/aromatic N) is 2. The van der Waals surface area contributed by atoms with E-state index in [9.17, 15) is 0 Å². The number of aryl methyl sites for hydroxylation is 2. The molecule has 1 fully saturated rings. The molecule has 3 nitrogen and oxygen atoms in total. The summed E-state index contributed by atoms with van der Waals surface area (Å²) in [6.45, 7) is 11.5. The lowest BCUT2D eigenvalue weighted by Crippen LogP contribution is -2.29. The van der Waals surface area contributed by atoms with Gasteiger partial charge >= 0.3 is 0 Å². The number of hydrogen-bond donors (Lipinski definition) is 1. The fourth-order valence-corrected chi connectivity index (χ4v) is 3.61. The van der Waals surface area contributed by atoms with Gasteiger partial charge in [0.1, 0.15) is 0 Å². The maximum atomic E-state index is 6.44. The smallest absolute Gasteiger partial charge is 0.0624 e. The Hall–Kier alpha value is -0.830. The molecule has 0 bridgehead atoms. The van der Waals surface area contributed by atoms with E-state index in [2.05, 4.69) is 45.8 Å². The molecule has 2 N–H and O–H groups in total. The van der Waals surface area contributed by atoms with E-state index in [1.807, 2.05) is 11.7 Å². The number of nitrogens with two attached hydrogens (primary N) is 1. The van der Waals surface area contributed by atoms with E-state index in [1.54, 1.807) is 0 Å². The molecule has 0 spiro atoms. The minimum Gasteiger partial charge on any atom is -0.327 e. The van der Waals surface area contributed by atoms with Crippen LogP contribution in [0.3, 0.4) is 0 Å². The molecule has 102 valence electrons. The zero-order chi connectivity index (χ0) is 13.7. The predicted molar refractivity (Wildman–Crippen MR) is 75.3 cm³/mol. The molecule has 1 unspecified atom stereocenters. The van der Waals surface area contributed by atoms with Crippen LogP contribution in [-0.2, 0) is 19.9 Å². The van der Waals surface area contributed by atoms with Crippen molar-refractivity contribution in [3.05, 3.63) is 17.5 Å². The molecule has 0 radical (unpaired) electrons. The van der Waals surface area contributed by atoms with Gasteiger partial charge < -0.3 is 5.73 Å². The first kappa shape index (κ1) is 13.6. The SMILES string of the molecule is CCc1cc(CC(N)C2C(C)(C)C2(C)C)n(C)n1. The molecule has 0 aliphatic heterocycles. The maximum Gasteiger partial charge on any atom is 0.0624 e. The first-order chi connectivity index (χ1) is 8.21. The molecule has 1 aromatic rings. The Morgan fingerprint density at radius 2 is 1.89 bits per heavy atom. The fraction of sp³-hybridized carbons (Fsp3) is 0.800. The predicted octanol–water partition coefficient (Wildman–Crippen LogP) is 2.53. The third-order valence-electron chi connectivity index (χ3n) is 5.39. The standard InChI is InChI=1S/C15H27N3/c1-7-10-8-11(18(6)17-10)9-12(16)13-14(2,3)15(13,4)5/h8,12-13H,7,9,16H2,1-6H3.